The summed E-state index contributed by atoms with van der Waals surface area (Å²) in [5.74, 6) is 0.993. The Labute approximate surface area is 307 Å². The Morgan fingerprint density at radius 2 is 1.42 bits per heavy atom. The molecule has 0 aromatic heterocycles. The molecule has 284 valence electrons. The number of hydrogen-bond acceptors (Lipinski definition) is 5. The number of hydrogen-bond donors (Lipinski definition) is 4. The molecule has 7 nitrogen and oxygen atoms in total. The van der Waals surface area contributed by atoms with Crippen molar-refractivity contribution in [2.75, 3.05) is 13.6 Å². The molecule has 1 aliphatic carbocycles. The first-order valence-electron chi connectivity index (χ1n) is 18.5. The van der Waals surface area contributed by atoms with Gasteiger partial charge < -0.3 is 20.8 Å². The molecule has 5 N–H and O–H groups in total. The summed E-state index contributed by atoms with van der Waals surface area (Å²) >= 11 is 0. The maximum absolute atomic E-state index is 10.2. The average Bonchev–Trinajstić information content (AvgIpc) is 3.04. The van der Waals surface area contributed by atoms with Gasteiger partial charge >= 0.3 is 0 Å². The van der Waals surface area contributed by atoms with Crippen LogP contribution in [0.3, 0.4) is 0 Å². The number of unbranched alkanes of at least 4 members (excludes halogenated alkanes) is 2. The van der Waals surface area contributed by atoms with Crippen LogP contribution >= 0.6 is 0 Å². The summed E-state index contributed by atoms with van der Waals surface area (Å²) in [6.45, 7) is 29.1. The van der Waals surface area contributed by atoms with Gasteiger partial charge in [0.05, 0.1) is 11.2 Å². The maximum Gasteiger partial charge on any atom is 0.220 e. The van der Waals surface area contributed by atoms with E-state index in [0.717, 1.165) is 34.2 Å². The third-order valence-electron chi connectivity index (χ3n) is 5.35. The highest BCUT2D eigenvalue weighted by Gasteiger charge is 2.16. The summed E-state index contributed by atoms with van der Waals surface area (Å²) in [4.78, 5) is 14.7. The third kappa shape index (κ3) is 30.0. The normalized spacial score (nSPS) is 10.4. The summed E-state index contributed by atoms with van der Waals surface area (Å²) in [5, 5.41) is 14.0. The molecule has 1 aromatic carbocycles. The molecule has 7 heteroatoms. The van der Waals surface area contributed by atoms with Crippen LogP contribution in [0.25, 0.3) is 27.9 Å². The molecule has 50 heavy (non-hydrogen) atoms. The van der Waals surface area contributed by atoms with E-state index in [1.54, 1.807) is 12.3 Å². The fraction of sp³-hybridized carbons (Fsp3) is 0.512. The average molecular weight is 694 g/mol. The van der Waals surface area contributed by atoms with Gasteiger partial charge in [-0.2, -0.15) is 0 Å². The fourth-order valence-corrected chi connectivity index (χ4v) is 3.67. The molecule has 1 aliphatic heterocycles. The summed E-state index contributed by atoms with van der Waals surface area (Å²) in [5.41, 5.74) is 10.3. The second kappa shape index (κ2) is 37.7. The molecule has 1 amide bonds. The lowest BCUT2D eigenvalue weighted by Gasteiger charge is -2.16. The van der Waals surface area contributed by atoms with Crippen LogP contribution in [-0.4, -0.2) is 25.3 Å². The van der Waals surface area contributed by atoms with Gasteiger partial charge in [-0.3, -0.25) is 15.2 Å². The van der Waals surface area contributed by atoms with Crippen molar-refractivity contribution in [3.8, 4) is 11.3 Å². The minimum atomic E-state index is -0.0456. The van der Waals surface area contributed by atoms with Gasteiger partial charge in [0.2, 0.25) is 5.91 Å². The minimum absolute atomic E-state index is 0.0456. The Morgan fingerprint density at radius 1 is 0.880 bits per heavy atom. The molecular weight excluding hydrogens is 619 g/mol. The SMILES string of the molecule is C/C=C\C=C\NC(C)=O.CC(=N)N.CCC.CCC.CCC.CCCCC.CCN=c1ccc2c(C(C)=CNC)c3ccc(C)cc3oc-2c1. The molecule has 1 aromatic rings. The van der Waals surface area contributed by atoms with E-state index in [1.807, 2.05) is 45.3 Å². The molecule has 2 aliphatic rings. The Hall–Kier alpha value is -4.13. The Bertz CT molecular complexity index is 1370. The molecule has 1 heterocycles. The van der Waals surface area contributed by atoms with Gasteiger partial charge in [-0.05, 0) is 76.2 Å². The molecule has 0 fully saturated rings. The number of benzene rings is 2. The zero-order valence-electron chi connectivity index (χ0n) is 34.6. The minimum Gasteiger partial charge on any atom is -0.456 e. The standard InChI is InChI=1S/C20H22N2O.C7H11NO.C5H12.3C3H8.C2H6N2/c1-5-22-15-7-9-17-19(11-15)23-18-10-13(2)6-8-16(18)20(17)14(3)12-21-4;1-3-4-5-6-8-7(2)9;1-3-5-4-2;3*1-3-2;1-2(3)4/h6-12,21H,5H2,1-4H3;3-6H,1-2H3,(H,8,9);3-5H2,1-2H3;3*3H2,1-2H3;1H3,(H3,3,4)/b;4-3-,6-5+;;;;;. The van der Waals surface area contributed by atoms with Crippen molar-refractivity contribution >= 4 is 28.3 Å². The van der Waals surface area contributed by atoms with Gasteiger partial charge in [0, 0.05) is 49.3 Å². The van der Waals surface area contributed by atoms with Gasteiger partial charge in [-0.15, -0.1) is 0 Å². The predicted molar refractivity (Wildman–Crippen MR) is 225 cm³/mol. The van der Waals surface area contributed by atoms with Crippen LogP contribution in [0.5, 0.6) is 0 Å². The lowest BCUT2D eigenvalue weighted by molar-refractivity contribution is -0.118. The molecule has 0 bridgehead atoms. The predicted octanol–water partition coefficient (Wildman–Crippen LogP) is 11.9. The first-order chi connectivity index (χ1) is 23.8. The van der Waals surface area contributed by atoms with Crippen molar-refractivity contribution in [3.63, 3.8) is 0 Å². The second-order valence-electron chi connectivity index (χ2n) is 11.5. The van der Waals surface area contributed by atoms with Crippen molar-refractivity contribution in [1.29, 1.82) is 5.41 Å². The number of fused-ring (bicyclic) bond motifs is 2. The van der Waals surface area contributed by atoms with Gasteiger partial charge in [-0.1, -0.05) is 118 Å². The fourth-order valence-electron chi connectivity index (χ4n) is 3.67. The van der Waals surface area contributed by atoms with E-state index in [4.69, 9.17) is 15.6 Å². The van der Waals surface area contributed by atoms with Crippen LogP contribution in [0.2, 0.25) is 0 Å². The summed E-state index contributed by atoms with van der Waals surface area (Å²) in [7, 11) is 1.92. The van der Waals surface area contributed by atoms with E-state index in [-0.39, 0.29) is 11.7 Å². The molecule has 0 saturated carbocycles. The highest BCUT2D eigenvalue weighted by atomic mass is 16.3. The summed E-state index contributed by atoms with van der Waals surface area (Å²) in [6, 6.07) is 12.5. The highest BCUT2D eigenvalue weighted by Crippen LogP contribution is 2.36. The van der Waals surface area contributed by atoms with Crippen molar-refractivity contribution in [1.82, 2.24) is 10.6 Å². The lowest BCUT2D eigenvalue weighted by atomic mass is 9.94. The van der Waals surface area contributed by atoms with Crippen LogP contribution in [-0.2, 0) is 4.79 Å². The zero-order valence-corrected chi connectivity index (χ0v) is 34.6. The van der Waals surface area contributed by atoms with E-state index in [9.17, 15) is 4.79 Å². The molecule has 0 atom stereocenters. The van der Waals surface area contributed by atoms with Crippen molar-refractivity contribution in [3.05, 3.63) is 83.5 Å². The van der Waals surface area contributed by atoms with Crippen LogP contribution in [0.4, 0.5) is 0 Å². The molecule has 3 rings (SSSR count). The number of aryl methyl sites for hydroxylation is 1. The monoisotopic (exact) mass is 694 g/mol. The van der Waals surface area contributed by atoms with Gasteiger partial charge in [-0.25, -0.2) is 0 Å². The van der Waals surface area contributed by atoms with E-state index < -0.39 is 0 Å². The Kier molecular flexibility index (Phi) is 39.7. The number of nitrogens with zero attached hydrogens (tertiary/aromatic N) is 1. The van der Waals surface area contributed by atoms with Crippen LogP contribution in [0.1, 0.15) is 140 Å². The number of nitrogens with one attached hydrogen (secondary N) is 3. The number of carbonyl (C=O) groups is 1. The molecular formula is C43H75N5O2. The quantitative estimate of drug-likeness (QED) is 0.0852. The van der Waals surface area contributed by atoms with Gasteiger partial charge in [0.25, 0.3) is 0 Å². The van der Waals surface area contributed by atoms with E-state index in [0.29, 0.717) is 0 Å². The Balaban J connectivity index is -0.000000323. The zero-order chi connectivity index (χ0) is 39.3. The van der Waals surface area contributed by atoms with Crippen molar-refractivity contribution in [2.24, 2.45) is 10.7 Å². The number of amidine groups is 1. The summed E-state index contributed by atoms with van der Waals surface area (Å²) < 4.78 is 6.18. The maximum atomic E-state index is 10.2. The molecule has 0 saturated heterocycles. The first kappa shape index (κ1) is 52.7. The topological polar surface area (TPSA) is 116 Å². The number of nitrogens with two attached hydrogens (primary N) is 1. The smallest absolute Gasteiger partial charge is 0.220 e. The lowest BCUT2D eigenvalue weighted by Crippen LogP contribution is -2.10. The number of rotatable bonds is 7. The third-order valence-corrected chi connectivity index (χ3v) is 5.35. The summed E-state index contributed by atoms with van der Waals surface area (Å²) in [6.07, 6.45) is 16.9. The van der Waals surface area contributed by atoms with E-state index in [1.165, 1.54) is 69.1 Å². The Morgan fingerprint density at radius 3 is 1.84 bits per heavy atom. The highest BCUT2D eigenvalue weighted by molar-refractivity contribution is 5.97. The molecule has 0 radical (unpaired) electrons. The number of allylic oxidation sites excluding steroid dienone is 4. The van der Waals surface area contributed by atoms with Crippen molar-refractivity contribution in [2.45, 2.75) is 135 Å². The van der Waals surface area contributed by atoms with Crippen LogP contribution in [0, 0.1) is 12.3 Å². The van der Waals surface area contributed by atoms with Crippen LogP contribution in [0.15, 0.2) is 76.4 Å². The molecule has 0 spiro atoms. The number of carbonyl (C=O) groups excluding carboxylic acids is 1. The van der Waals surface area contributed by atoms with E-state index >= 15 is 0 Å². The van der Waals surface area contributed by atoms with Gasteiger partial charge in [0.15, 0.2) is 0 Å². The van der Waals surface area contributed by atoms with Crippen LogP contribution < -0.4 is 21.7 Å². The number of amides is 1. The largest absolute Gasteiger partial charge is 0.456 e. The molecule has 0 unspecified atom stereocenters. The van der Waals surface area contributed by atoms with Gasteiger partial charge in [0.1, 0.15) is 11.3 Å². The second-order valence-corrected chi connectivity index (χ2v) is 11.5. The first-order valence-corrected chi connectivity index (χ1v) is 18.5. The van der Waals surface area contributed by atoms with E-state index in [2.05, 4.69) is 115 Å². The van der Waals surface area contributed by atoms with Crippen molar-refractivity contribution < 1.29 is 9.21 Å².